The molecule has 140 valence electrons. The SMILES string of the molecule is CCOCCOC(C)C(=O)N(C)C1CCN(Cc2ccncc2)CC1. The van der Waals surface area contributed by atoms with Crippen molar-refractivity contribution in [2.75, 3.05) is 40.0 Å². The van der Waals surface area contributed by atoms with Crippen LogP contribution in [-0.2, 0) is 20.8 Å². The third-order valence-corrected chi connectivity index (χ3v) is 4.76. The third kappa shape index (κ3) is 6.38. The maximum absolute atomic E-state index is 12.5. The molecule has 1 aliphatic heterocycles. The van der Waals surface area contributed by atoms with Gasteiger partial charge >= 0.3 is 0 Å². The molecule has 0 radical (unpaired) electrons. The van der Waals surface area contributed by atoms with Crippen LogP contribution >= 0.6 is 0 Å². The molecule has 0 aliphatic carbocycles. The smallest absolute Gasteiger partial charge is 0.251 e. The van der Waals surface area contributed by atoms with Gasteiger partial charge in [0.05, 0.1) is 13.2 Å². The average Bonchev–Trinajstić information content (AvgIpc) is 2.65. The highest BCUT2D eigenvalue weighted by Crippen LogP contribution is 2.18. The van der Waals surface area contributed by atoms with Gasteiger partial charge in [0.15, 0.2) is 0 Å². The summed E-state index contributed by atoms with van der Waals surface area (Å²) in [6.07, 6.45) is 5.25. The van der Waals surface area contributed by atoms with Gasteiger partial charge < -0.3 is 14.4 Å². The Morgan fingerprint density at radius 2 is 2.00 bits per heavy atom. The molecule has 1 aromatic heterocycles. The molecule has 0 aromatic carbocycles. The van der Waals surface area contributed by atoms with Crippen LogP contribution in [-0.4, -0.2) is 72.8 Å². The third-order valence-electron chi connectivity index (χ3n) is 4.76. The van der Waals surface area contributed by atoms with Crippen LogP contribution in [0.2, 0.25) is 0 Å². The molecule has 1 aliphatic rings. The van der Waals surface area contributed by atoms with Gasteiger partial charge in [0.1, 0.15) is 6.10 Å². The van der Waals surface area contributed by atoms with Crippen molar-refractivity contribution < 1.29 is 14.3 Å². The topological polar surface area (TPSA) is 54.9 Å². The van der Waals surface area contributed by atoms with E-state index in [2.05, 4.69) is 22.0 Å². The number of likely N-dealkylation sites (tertiary alicyclic amines) is 1. The first-order valence-corrected chi connectivity index (χ1v) is 9.19. The summed E-state index contributed by atoms with van der Waals surface area (Å²) < 4.78 is 10.8. The van der Waals surface area contributed by atoms with E-state index in [0.717, 1.165) is 32.5 Å². The van der Waals surface area contributed by atoms with Crippen molar-refractivity contribution in [3.05, 3.63) is 30.1 Å². The Morgan fingerprint density at radius 1 is 1.32 bits per heavy atom. The van der Waals surface area contributed by atoms with Crippen molar-refractivity contribution in [2.45, 2.75) is 45.4 Å². The number of pyridine rings is 1. The molecule has 1 unspecified atom stereocenters. The van der Waals surface area contributed by atoms with Gasteiger partial charge in [-0.3, -0.25) is 14.7 Å². The van der Waals surface area contributed by atoms with Crippen molar-refractivity contribution >= 4 is 5.91 Å². The summed E-state index contributed by atoms with van der Waals surface area (Å²) in [6, 6.07) is 4.41. The quantitative estimate of drug-likeness (QED) is 0.638. The lowest BCUT2D eigenvalue weighted by molar-refractivity contribution is -0.145. The fourth-order valence-electron chi connectivity index (χ4n) is 3.18. The lowest BCUT2D eigenvalue weighted by Crippen LogP contribution is -2.48. The van der Waals surface area contributed by atoms with E-state index in [1.165, 1.54) is 5.56 Å². The van der Waals surface area contributed by atoms with Gasteiger partial charge in [-0.25, -0.2) is 0 Å². The molecule has 2 heterocycles. The summed E-state index contributed by atoms with van der Waals surface area (Å²) in [5, 5.41) is 0. The Labute approximate surface area is 151 Å². The van der Waals surface area contributed by atoms with Crippen molar-refractivity contribution in [1.82, 2.24) is 14.8 Å². The van der Waals surface area contributed by atoms with E-state index < -0.39 is 6.10 Å². The number of carbonyl (C=O) groups is 1. The molecule has 1 aromatic rings. The molecule has 2 rings (SSSR count). The fraction of sp³-hybridized carbons (Fsp3) is 0.684. The highest BCUT2D eigenvalue weighted by molar-refractivity contribution is 5.80. The van der Waals surface area contributed by atoms with E-state index >= 15 is 0 Å². The van der Waals surface area contributed by atoms with Crippen LogP contribution in [0.3, 0.4) is 0 Å². The van der Waals surface area contributed by atoms with Crippen molar-refractivity contribution in [2.24, 2.45) is 0 Å². The Balaban J connectivity index is 1.72. The van der Waals surface area contributed by atoms with Gasteiger partial charge in [0.25, 0.3) is 5.91 Å². The van der Waals surface area contributed by atoms with Gasteiger partial charge in [0.2, 0.25) is 0 Å². The molecule has 0 bridgehead atoms. The second kappa shape index (κ2) is 10.5. The molecule has 0 saturated carbocycles. The number of piperidine rings is 1. The number of nitrogens with zero attached hydrogens (tertiary/aromatic N) is 3. The second-order valence-corrected chi connectivity index (χ2v) is 6.52. The maximum Gasteiger partial charge on any atom is 0.251 e. The van der Waals surface area contributed by atoms with Crippen LogP contribution in [0.25, 0.3) is 0 Å². The molecule has 1 atom stereocenters. The number of aromatic nitrogens is 1. The molecule has 1 fully saturated rings. The highest BCUT2D eigenvalue weighted by Gasteiger charge is 2.28. The molecule has 0 N–H and O–H groups in total. The Morgan fingerprint density at radius 3 is 2.64 bits per heavy atom. The normalized spacial score (nSPS) is 17.4. The lowest BCUT2D eigenvalue weighted by atomic mass is 10.0. The number of likely N-dealkylation sites (N-methyl/N-ethyl adjacent to an activating group) is 1. The average molecular weight is 349 g/mol. The maximum atomic E-state index is 12.5. The van der Waals surface area contributed by atoms with E-state index in [0.29, 0.717) is 25.9 Å². The van der Waals surface area contributed by atoms with Gasteiger partial charge in [-0.05, 0) is 44.4 Å². The Hall–Kier alpha value is -1.50. The molecule has 1 amide bonds. The Bertz CT molecular complexity index is 504. The molecule has 1 saturated heterocycles. The summed E-state index contributed by atoms with van der Waals surface area (Å²) in [5.74, 6) is 0.0593. The lowest BCUT2D eigenvalue weighted by Gasteiger charge is -2.37. The van der Waals surface area contributed by atoms with E-state index in [-0.39, 0.29) is 5.91 Å². The number of amides is 1. The number of hydrogen-bond donors (Lipinski definition) is 0. The van der Waals surface area contributed by atoms with Crippen LogP contribution < -0.4 is 0 Å². The second-order valence-electron chi connectivity index (χ2n) is 6.52. The predicted molar refractivity (Wildman–Crippen MR) is 97.2 cm³/mol. The summed E-state index contributed by atoms with van der Waals surface area (Å²) >= 11 is 0. The number of rotatable bonds is 9. The molecular formula is C19H31N3O3. The fourth-order valence-corrected chi connectivity index (χ4v) is 3.18. The van der Waals surface area contributed by atoms with Gasteiger partial charge in [-0.15, -0.1) is 0 Å². The van der Waals surface area contributed by atoms with Gasteiger partial charge in [-0.1, -0.05) is 0 Å². The summed E-state index contributed by atoms with van der Waals surface area (Å²) in [5.41, 5.74) is 1.29. The molecule has 6 heteroatoms. The minimum Gasteiger partial charge on any atom is -0.379 e. The number of ether oxygens (including phenoxy) is 2. The predicted octanol–water partition coefficient (Wildman–Crippen LogP) is 1.95. The van der Waals surface area contributed by atoms with E-state index in [9.17, 15) is 4.79 Å². The van der Waals surface area contributed by atoms with Gasteiger partial charge in [0, 0.05) is 51.7 Å². The van der Waals surface area contributed by atoms with E-state index in [4.69, 9.17) is 9.47 Å². The summed E-state index contributed by atoms with van der Waals surface area (Å²) in [7, 11) is 1.90. The summed E-state index contributed by atoms with van der Waals surface area (Å²) in [4.78, 5) is 20.9. The summed E-state index contributed by atoms with van der Waals surface area (Å²) in [6.45, 7) is 8.39. The van der Waals surface area contributed by atoms with Gasteiger partial charge in [-0.2, -0.15) is 0 Å². The monoisotopic (exact) mass is 349 g/mol. The molecule has 25 heavy (non-hydrogen) atoms. The zero-order chi connectivity index (χ0) is 18.1. The van der Waals surface area contributed by atoms with Crippen LogP contribution in [0.15, 0.2) is 24.5 Å². The molecule has 0 spiro atoms. The largest absolute Gasteiger partial charge is 0.379 e. The first kappa shape index (κ1) is 19.8. The first-order valence-electron chi connectivity index (χ1n) is 9.19. The number of carbonyl (C=O) groups excluding carboxylic acids is 1. The van der Waals surface area contributed by atoms with Crippen LogP contribution in [0.1, 0.15) is 32.3 Å². The first-order chi connectivity index (χ1) is 12.1. The van der Waals surface area contributed by atoms with Crippen LogP contribution in [0.4, 0.5) is 0 Å². The zero-order valence-electron chi connectivity index (χ0n) is 15.7. The van der Waals surface area contributed by atoms with Crippen molar-refractivity contribution in [1.29, 1.82) is 0 Å². The standard InChI is InChI=1S/C19H31N3O3/c1-4-24-13-14-25-16(2)19(23)21(3)18-7-11-22(12-8-18)15-17-5-9-20-10-6-17/h5-6,9-10,16,18H,4,7-8,11-15H2,1-3H3. The molecule has 6 nitrogen and oxygen atoms in total. The van der Waals surface area contributed by atoms with Crippen LogP contribution in [0, 0.1) is 0 Å². The van der Waals surface area contributed by atoms with Crippen LogP contribution in [0.5, 0.6) is 0 Å². The zero-order valence-corrected chi connectivity index (χ0v) is 15.7. The molecular weight excluding hydrogens is 318 g/mol. The van der Waals surface area contributed by atoms with Crippen molar-refractivity contribution in [3.8, 4) is 0 Å². The minimum atomic E-state index is -0.416. The van der Waals surface area contributed by atoms with E-state index in [1.807, 2.05) is 38.2 Å². The number of hydrogen-bond acceptors (Lipinski definition) is 5. The van der Waals surface area contributed by atoms with Crippen molar-refractivity contribution in [3.63, 3.8) is 0 Å². The Kier molecular flexibility index (Phi) is 8.31. The minimum absolute atomic E-state index is 0.0593. The highest BCUT2D eigenvalue weighted by atomic mass is 16.5. The van der Waals surface area contributed by atoms with E-state index in [1.54, 1.807) is 0 Å².